The van der Waals surface area contributed by atoms with E-state index in [0.29, 0.717) is 29.5 Å². The van der Waals surface area contributed by atoms with E-state index in [1.165, 1.54) is 25.3 Å². The maximum atomic E-state index is 12.9. The van der Waals surface area contributed by atoms with Crippen molar-refractivity contribution < 1.29 is 28.2 Å². The van der Waals surface area contributed by atoms with E-state index in [4.69, 9.17) is 23.4 Å². The first-order valence-corrected chi connectivity index (χ1v) is 11.9. The first-order valence-electron chi connectivity index (χ1n) is 11.9. The monoisotopic (exact) mass is 479 g/mol. The second-order valence-corrected chi connectivity index (χ2v) is 9.27. The zero-order valence-electron chi connectivity index (χ0n) is 21.2. The lowest BCUT2D eigenvalue weighted by atomic mass is 9.71. The van der Waals surface area contributed by atoms with Crippen LogP contribution in [0.15, 0.2) is 40.8 Å². The first kappa shape index (κ1) is 24.5. The van der Waals surface area contributed by atoms with E-state index in [-0.39, 0.29) is 17.1 Å². The van der Waals surface area contributed by atoms with Gasteiger partial charge in [-0.2, -0.15) is 0 Å². The van der Waals surface area contributed by atoms with E-state index in [1.54, 1.807) is 30.3 Å². The van der Waals surface area contributed by atoms with Crippen LogP contribution >= 0.6 is 0 Å². The van der Waals surface area contributed by atoms with Crippen LogP contribution in [-0.4, -0.2) is 26.7 Å². The van der Waals surface area contributed by atoms with Crippen LogP contribution in [0.25, 0.3) is 0 Å². The summed E-state index contributed by atoms with van der Waals surface area (Å²) in [6, 6.07) is 10.6. The van der Waals surface area contributed by atoms with Crippen LogP contribution in [-0.2, 0) is 11.8 Å². The summed E-state index contributed by atoms with van der Waals surface area (Å²) in [7, 11) is 3.06. The van der Waals surface area contributed by atoms with E-state index in [2.05, 4.69) is 25.2 Å². The third kappa shape index (κ3) is 4.81. The summed E-state index contributed by atoms with van der Waals surface area (Å²) in [4.78, 5) is 12.9. The van der Waals surface area contributed by atoms with Crippen molar-refractivity contribution in [2.45, 2.75) is 52.4 Å². The number of carbonyl (C=O) groups is 1. The van der Waals surface area contributed by atoms with Gasteiger partial charge < -0.3 is 28.7 Å². The minimum atomic E-state index is -0.448. The normalized spacial score (nSPS) is 14.1. The SMILES string of the molecule is CCOc1c(Oc2ccc(C(=O)Nc3c(OC)cccc3OC)o2)c(C)cc2c1C(C)(C)CCC2. The number of anilines is 1. The molecule has 0 saturated heterocycles. The van der Waals surface area contributed by atoms with Crippen LogP contribution < -0.4 is 24.3 Å². The fourth-order valence-corrected chi connectivity index (χ4v) is 4.78. The summed E-state index contributed by atoms with van der Waals surface area (Å²) in [5, 5.41) is 2.81. The molecule has 0 aliphatic heterocycles. The molecule has 1 aromatic heterocycles. The van der Waals surface area contributed by atoms with Crippen LogP contribution in [0, 0.1) is 6.92 Å². The third-order valence-electron chi connectivity index (χ3n) is 6.39. The topological polar surface area (TPSA) is 79.2 Å². The number of para-hydroxylation sites is 1. The summed E-state index contributed by atoms with van der Waals surface area (Å²) in [6.45, 7) is 8.98. The number of ether oxygens (including phenoxy) is 4. The fourth-order valence-electron chi connectivity index (χ4n) is 4.78. The number of hydrogen-bond acceptors (Lipinski definition) is 6. The predicted molar refractivity (Wildman–Crippen MR) is 135 cm³/mol. The number of furan rings is 1. The highest BCUT2D eigenvalue weighted by Gasteiger charge is 2.34. The van der Waals surface area contributed by atoms with Gasteiger partial charge in [-0.15, -0.1) is 0 Å². The Morgan fingerprint density at radius 3 is 2.46 bits per heavy atom. The highest BCUT2D eigenvalue weighted by Crippen LogP contribution is 2.49. The van der Waals surface area contributed by atoms with E-state index < -0.39 is 5.91 Å². The summed E-state index contributed by atoms with van der Waals surface area (Å²) in [5.41, 5.74) is 3.86. The van der Waals surface area contributed by atoms with E-state index in [9.17, 15) is 4.79 Å². The molecule has 1 amide bonds. The zero-order valence-corrected chi connectivity index (χ0v) is 21.2. The van der Waals surface area contributed by atoms with Gasteiger partial charge in [0.05, 0.1) is 20.8 Å². The Labute approximate surface area is 206 Å². The molecule has 0 unspecified atom stereocenters. The van der Waals surface area contributed by atoms with Crippen molar-refractivity contribution in [2.24, 2.45) is 0 Å². The van der Waals surface area contributed by atoms with Gasteiger partial charge in [0.25, 0.3) is 11.9 Å². The Kier molecular flexibility index (Phi) is 6.96. The molecule has 1 N–H and O–H groups in total. The Hall–Kier alpha value is -3.61. The van der Waals surface area contributed by atoms with Crippen LogP contribution in [0.3, 0.4) is 0 Å². The van der Waals surface area contributed by atoms with Gasteiger partial charge in [-0.25, -0.2) is 0 Å². The summed E-state index contributed by atoms with van der Waals surface area (Å²) in [6.07, 6.45) is 3.26. The van der Waals surface area contributed by atoms with Crippen LogP contribution in [0.4, 0.5) is 5.69 Å². The molecule has 7 heteroatoms. The Bertz CT molecular complexity index is 1200. The number of amides is 1. The van der Waals surface area contributed by atoms with Crippen LogP contribution in [0.5, 0.6) is 28.9 Å². The highest BCUT2D eigenvalue weighted by molar-refractivity contribution is 6.04. The quantitative estimate of drug-likeness (QED) is 0.389. The lowest BCUT2D eigenvalue weighted by Crippen LogP contribution is -2.25. The van der Waals surface area contributed by atoms with Gasteiger partial charge in [0, 0.05) is 11.6 Å². The maximum absolute atomic E-state index is 12.9. The van der Waals surface area contributed by atoms with Gasteiger partial charge in [-0.1, -0.05) is 26.0 Å². The largest absolute Gasteiger partial charge is 0.494 e. The van der Waals surface area contributed by atoms with E-state index >= 15 is 0 Å². The number of benzene rings is 2. The molecule has 0 spiro atoms. The Balaban J connectivity index is 1.63. The molecule has 4 rings (SSSR count). The summed E-state index contributed by atoms with van der Waals surface area (Å²) < 4.78 is 28.8. The van der Waals surface area contributed by atoms with Gasteiger partial charge in [0.1, 0.15) is 17.2 Å². The van der Waals surface area contributed by atoms with Gasteiger partial charge >= 0.3 is 0 Å². The van der Waals surface area contributed by atoms with Crippen molar-refractivity contribution in [3.63, 3.8) is 0 Å². The molecule has 35 heavy (non-hydrogen) atoms. The standard InChI is InChI=1S/C28H33NO6/c1-7-33-26-23-18(10-9-15-28(23,3)4)16-17(2)25(26)35-22-14-13-21(34-22)27(30)29-24-19(31-5)11-8-12-20(24)32-6/h8,11-14,16H,7,9-10,15H2,1-6H3,(H,29,30). The fraction of sp³-hybridized carbons (Fsp3) is 0.393. The molecule has 3 aromatic rings. The van der Waals surface area contributed by atoms with Crippen molar-refractivity contribution in [1.82, 2.24) is 0 Å². The molecule has 0 fully saturated rings. The zero-order chi connectivity index (χ0) is 25.2. The molecule has 1 aliphatic carbocycles. The number of rotatable bonds is 8. The number of methoxy groups -OCH3 is 2. The van der Waals surface area contributed by atoms with Crippen LogP contribution in [0.2, 0.25) is 0 Å². The van der Waals surface area contributed by atoms with Crippen molar-refractivity contribution in [3.8, 4) is 28.9 Å². The molecular formula is C28H33NO6. The molecule has 7 nitrogen and oxygen atoms in total. The summed E-state index contributed by atoms with van der Waals surface area (Å²) >= 11 is 0. The van der Waals surface area contributed by atoms with E-state index in [0.717, 1.165) is 30.6 Å². The minimum absolute atomic E-state index is 0.0219. The smallest absolute Gasteiger partial charge is 0.291 e. The van der Waals surface area contributed by atoms with Crippen molar-refractivity contribution in [1.29, 1.82) is 0 Å². The number of nitrogens with one attached hydrogen (secondary N) is 1. The lowest BCUT2D eigenvalue weighted by molar-refractivity contribution is 0.0991. The van der Waals surface area contributed by atoms with Crippen molar-refractivity contribution >= 4 is 11.6 Å². The van der Waals surface area contributed by atoms with Crippen LogP contribution in [0.1, 0.15) is 60.9 Å². The predicted octanol–water partition coefficient (Wildman–Crippen LogP) is 6.66. The van der Waals surface area contributed by atoms with Gasteiger partial charge in [-0.05, 0) is 67.9 Å². The molecule has 0 radical (unpaired) electrons. The molecule has 0 saturated carbocycles. The molecule has 1 heterocycles. The third-order valence-corrected chi connectivity index (χ3v) is 6.39. The first-order chi connectivity index (χ1) is 16.8. The maximum Gasteiger partial charge on any atom is 0.291 e. The Morgan fingerprint density at radius 1 is 1.09 bits per heavy atom. The molecular weight excluding hydrogens is 446 g/mol. The van der Waals surface area contributed by atoms with Crippen molar-refractivity contribution in [3.05, 3.63) is 58.8 Å². The summed E-state index contributed by atoms with van der Waals surface area (Å²) in [5.74, 6) is 2.20. The minimum Gasteiger partial charge on any atom is -0.494 e. The van der Waals surface area contributed by atoms with Gasteiger partial charge in [0.2, 0.25) is 0 Å². The number of hydrogen-bond donors (Lipinski definition) is 1. The average molecular weight is 480 g/mol. The second-order valence-electron chi connectivity index (χ2n) is 9.27. The molecule has 2 aromatic carbocycles. The van der Waals surface area contributed by atoms with Gasteiger partial charge in [-0.3, -0.25) is 4.79 Å². The highest BCUT2D eigenvalue weighted by atomic mass is 16.6. The van der Waals surface area contributed by atoms with E-state index in [1.807, 2.05) is 13.8 Å². The molecule has 0 atom stereocenters. The lowest BCUT2D eigenvalue weighted by Gasteiger charge is -2.35. The number of aryl methyl sites for hydroxylation is 2. The Morgan fingerprint density at radius 2 is 1.80 bits per heavy atom. The molecule has 0 bridgehead atoms. The number of fused-ring (bicyclic) bond motifs is 1. The number of carbonyl (C=O) groups excluding carboxylic acids is 1. The molecule has 1 aliphatic rings. The molecule has 186 valence electrons. The second kappa shape index (κ2) is 9.94. The van der Waals surface area contributed by atoms with Crippen molar-refractivity contribution in [2.75, 3.05) is 26.1 Å². The average Bonchev–Trinajstić information content (AvgIpc) is 3.30. The van der Waals surface area contributed by atoms with Gasteiger partial charge in [0.15, 0.2) is 17.3 Å².